The van der Waals surface area contributed by atoms with Crippen molar-refractivity contribution in [3.05, 3.63) is 0 Å². The minimum atomic E-state index is 0.0879. The SMILES string of the molecule is CCN(C)C(=O)N1CCN(CC(=N)N)CC1. The second kappa shape index (κ2) is 5.69. The smallest absolute Gasteiger partial charge is 0.319 e. The fraction of sp³-hybridized carbons (Fsp3) is 0.800. The van der Waals surface area contributed by atoms with E-state index in [0.29, 0.717) is 6.54 Å². The number of urea groups is 1. The molecular formula is C10H21N5O. The highest BCUT2D eigenvalue weighted by atomic mass is 16.2. The number of hydrogen-bond donors (Lipinski definition) is 2. The number of carbonyl (C=O) groups excluding carboxylic acids is 1. The zero-order valence-corrected chi connectivity index (χ0v) is 10.1. The average molecular weight is 227 g/mol. The first-order chi connectivity index (χ1) is 7.54. The van der Waals surface area contributed by atoms with Crippen LogP contribution < -0.4 is 5.73 Å². The topological polar surface area (TPSA) is 76.7 Å². The molecule has 0 bridgehead atoms. The number of rotatable bonds is 3. The predicted octanol–water partition coefficient (Wildman–Crippen LogP) is -0.388. The van der Waals surface area contributed by atoms with Crippen LogP contribution in [0, 0.1) is 5.41 Å². The molecule has 1 rings (SSSR count). The van der Waals surface area contributed by atoms with Crippen molar-refractivity contribution in [2.75, 3.05) is 46.3 Å². The third-order valence-corrected chi connectivity index (χ3v) is 2.84. The summed E-state index contributed by atoms with van der Waals surface area (Å²) in [6, 6.07) is 0.0879. The summed E-state index contributed by atoms with van der Waals surface area (Å²) >= 11 is 0. The van der Waals surface area contributed by atoms with Crippen LogP contribution in [-0.2, 0) is 0 Å². The molecule has 0 aromatic carbocycles. The molecule has 0 aliphatic carbocycles. The van der Waals surface area contributed by atoms with E-state index in [2.05, 4.69) is 4.90 Å². The van der Waals surface area contributed by atoms with Gasteiger partial charge in [-0.2, -0.15) is 0 Å². The number of amides is 2. The van der Waals surface area contributed by atoms with Crippen molar-refractivity contribution in [2.24, 2.45) is 5.73 Å². The van der Waals surface area contributed by atoms with Gasteiger partial charge in [-0.1, -0.05) is 0 Å². The Morgan fingerprint density at radius 2 is 1.94 bits per heavy atom. The molecule has 1 saturated heterocycles. The van der Waals surface area contributed by atoms with Crippen molar-refractivity contribution in [3.63, 3.8) is 0 Å². The minimum absolute atomic E-state index is 0.0879. The zero-order valence-electron chi connectivity index (χ0n) is 10.1. The predicted molar refractivity (Wildman–Crippen MR) is 63.6 cm³/mol. The van der Waals surface area contributed by atoms with Crippen molar-refractivity contribution >= 4 is 11.9 Å². The lowest BCUT2D eigenvalue weighted by Crippen LogP contribution is -2.53. The van der Waals surface area contributed by atoms with Gasteiger partial charge >= 0.3 is 6.03 Å². The summed E-state index contributed by atoms with van der Waals surface area (Å²) in [5, 5.41) is 7.21. The number of hydrogen-bond acceptors (Lipinski definition) is 3. The lowest BCUT2D eigenvalue weighted by Gasteiger charge is -2.36. The Bertz CT molecular complexity index is 260. The molecule has 0 radical (unpaired) electrons. The van der Waals surface area contributed by atoms with E-state index in [9.17, 15) is 4.79 Å². The Balaban J connectivity index is 2.37. The van der Waals surface area contributed by atoms with Crippen LogP contribution in [0.2, 0.25) is 0 Å². The zero-order chi connectivity index (χ0) is 12.1. The Hall–Kier alpha value is -1.30. The molecule has 6 nitrogen and oxygen atoms in total. The molecule has 0 unspecified atom stereocenters. The Labute approximate surface area is 96.5 Å². The van der Waals surface area contributed by atoms with Crippen LogP contribution in [-0.4, -0.2) is 72.9 Å². The number of amidine groups is 1. The van der Waals surface area contributed by atoms with Crippen LogP contribution in [0.1, 0.15) is 6.92 Å². The molecule has 3 N–H and O–H groups in total. The van der Waals surface area contributed by atoms with E-state index >= 15 is 0 Å². The summed E-state index contributed by atoms with van der Waals surface area (Å²) in [4.78, 5) is 17.5. The molecular weight excluding hydrogens is 206 g/mol. The van der Waals surface area contributed by atoms with Gasteiger partial charge in [-0.25, -0.2) is 4.79 Å². The number of piperazine rings is 1. The van der Waals surface area contributed by atoms with Crippen molar-refractivity contribution in [1.82, 2.24) is 14.7 Å². The standard InChI is InChI=1S/C10H21N5O/c1-3-13(2)10(16)15-6-4-14(5-7-15)8-9(11)12/h3-8H2,1-2H3,(H3,11,12). The first kappa shape index (κ1) is 12.8. The first-order valence-corrected chi connectivity index (χ1v) is 5.60. The largest absolute Gasteiger partial charge is 0.387 e. The van der Waals surface area contributed by atoms with Gasteiger partial charge in [0.05, 0.1) is 6.54 Å². The molecule has 1 fully saturated rings. The van der Waals surface area contributed by atoms with Gasteiger partial charge in [0.25, 0.3) is 0 Å². The lowest BCUT2D eigenvalue weighted by atomic mass is 10.3. The molecule has 0 spiro atoms. The fourth-order valence-corrected chi connectivity index (χ4v) is 1.71. The number of nitrogens with two attached hydrogens (primary N) is 1. The van der Waals surface area contributed by atoms with Crippen LogP contribution in [0.25, 0.3) is 0 Å². The van der Waals surface area contributed by atoms with Gasteiger partial charge in [0.1, 0.15) is 5.84 Å². The van der Waals surface area contributed by atoms with E-state index < -0.39 is 0 Å². The molecule has 0 aromatic heterocycles. The quantitative estimate of drug-likeness (QED) is 0.509. The van der Waals surface area contributed by atoms with E-state index in [1.807, 2.05) is 18.9 Å². The van der Waals surface area contributed by atoms with Crippen LogP contribution in [0.3, 0.4) is 0 Å². The molecule has 0 saturated carbocycles. The second-order valence-electron chi connectivity index (χ2n) is 4.09. The summed E-state index contributed by atoms with van der Waals surface area (Å²) < 4.78 is 0. The van der Waals surface area contributed by atoms with Crippen LogP contribution in [0.5, 0.6) is 0 Å². The molecule has 2 amide bonds. The highest BCUT2D eigenvalue weighted by Gasteiger charge is 2.22. The van der Waals surface area contributed by atoms with Crippen molar-refractivity contribution in [2.45, 2.75) is 6.92 Å². The van der Waals surface area contributed by atoms with E-state index in [-0.39, 0.29) is 11.9 Å². The number of nitrogens with zero attached hydrogens (tertiary/aromatic N) is 3. The summed E-state index contributed by atoms with van der Waals surface area (Å²) in [6.07, 6.45) is 0. The third kappa shape index (κ3) is 3.37. The molecule has 16 heavy (non-hydrogen) atoms. The summed E-state index contributed by atoms with van der Waals surface area (Å²) in [5.74, 6) is 0.186. The summed E-state index contributed by atoms with van der Waals surface area (Å²) in [6.45, 7) is 6.22. The normalized spacial score (nSPS) is 17.2. The van der Waals surface area contributed by atoms with E-state index in [0.717, 1.165) is 32.7 Å². The highest BCUT2D eigenvalue weighted by Crippen LogP contribution is 2.04. The van der Waals surface area contributed by atoms with Gasteiger partial charge in [-0.3, -0.25) is 10.3 Å². The maximum absolute atomic E-state index is 11.8. The van der Waals surface area contributed by atoms with Crippen molar-refractivity contribution in [3.8, 4) is 0 Å². The molecule has 1 aliphatic rings. The van der Waals surface area contributed by atoms with Crippen molar-refractivity contribution in [1.29, 1.82) is 5.41 Å². The first-order valence-electron chi connectivity index (χ1n) is 5.60. The number of carbonyl (C=O) groups is 1. The molecule has 1 aliphatic heterocycles. The maximum atomic E-state index is 11.8. The lowest BCUT2D eigenvalue weighted by molar-refractivity contribution is 0.126. The Morgan fingerprint density at radius 1 is 1.38 bits per heavy atom. The van der Waals surface area contributed by atoms with Crippen LogP contribution in [0.15, 0.2) is 0 Å². The van der Waals surface area contributed by atoms with Crippen LogP contribution >= 0.6 is 0 Å². The van der Waals surface area contributed by atoms with Gasteiger partial charge in [0.2, 0.25) is 0 Å². The van der Waals surface area contributed by atoms with E-state index in [4.69, 9.17) is 11.1 Å². The highest BCUT2D eigenvalue weighted by molar-refractivity contribution is 5.79. The molecule has 0 aromatic rings. The van der Waals surface area contributed by atoms with Gasteiger partial charge in [-0.05, 0) is 6.92 Å². The van der Waals surface area contributed by atoms with Gasteiger partial charge in [0.15, 0.2) is 0 Å². The molecule has 0 atom stereocenters. The summed E-state index contributed by atoms with van der Waals surface area (Å²) in [5.41, 5.74) is 5.34. The second-order valence-corrected chi connectivity index (χ2v) is 4.09. The van der Waals surface area contributed by atoms with Gasteiger partial charge in [-0.15, -0.1) is 0 Å². The average Bonchev–Trinajstić information content (AvgIpc) is 2.27. The van der Waals surface area contributed by atoms with E-state index in [1.54, 1.807) is 4.90 Å². The van der Waals surface area contributed by atoms with E-state index in [1.165, 1.54) is 0 Å². The Kier molecular flexibility index (Phi) is 4.54. The summed E-state index contributed by atoms with van der Waals surface area (Å²) in [7, 11) is 1.81. The van der Waals surface area contributed by atoms with Crippen LogP contribution in [0.4, 0.5) is 4.79 Å². The maximum Gasteiger partial charge on any atom is 0.319 e. The van der Waals surface area contributed by atoms with Gasteiger partial charge in [0, 0.05) is 39.8 Å². The molecule has 1 heterocycles. The molecule has 6 heteroatoms. The third-order valence-electron chi connectivity index (χ3n) is 2.84. The minimum Gasteiger partial charge on any atom is -0.387 e. The monoisotopic (exact) mass is 227 g/mol. The Morgan fingerprint density at radius 3 is 2.38 bits per heavy atom. The fourth-order valence-electron chi connectivity index (χ4n) is 1.71. The van der Waals surface area contributed by atoms with Crippen molar-refractivity contribution < 1.29 is 4.79 Å². The number of nitrogens with one attached hydrogen (secondary N) is 1. The molecule has 92 valence electrons. The van der Waals surface area contributed by atoms with Gasteiger partial charge < -0.3 is 15.5 Å².